The molecule has 2 N–H and O–H groups in total. The lowest BCUT2D eigenvalue weighted by molar-refractivity contribution is 0.488. The molecule has 0 aliphatic carbocycles. The minimum Gasteiger partial charge on any atom is -0.368 e. The summed E-state index contributed by atoms with van der Waals surface area (Å²) in [6, 6.07) is 0. The molecular formula is C8H14N4O2S2. The lowest BCUT2D eigenvalue weighted by Gasteiger charge is -2.15. The standard InChI is InChI=1S/C8H14N4O2S2/c1-12(3-4-15-2)16(13,14)7-5-10-8(9)11-6-7/h5-6H,3-4H2,1-2H3,(H2,9,10,11). The molecule has 0 spiro atoms. The highest BCUT2D eigenvalue weighted by atomic mass is 32.2. The minimum absolute atomic E-state index is 0.0605. The summed E-state index contributed by atoms with van der Waals surface area (Å²) >= 11 is 1.59. The van der Waals surface area contributed by atoms with E-state index in [9.17, 15) is 8.42 Å². The van der Waals surface area contributed by atoms with Gasteiger partial charge < -0.3 is 5.73 Å². The Kier molecular flexibility index (Phi) is 4.51. The molecule has 1 aromatic rings. The summed E-state index contributed by atoms with van der Waals surface area (Å²) < 4.78 is 25.2. The zero-order valence-corrected chi connectivity index (χ0v) is 10.8. The van der Waals surface area contributed by atoms with E-state index < -0.39 is 10.0 Å². The first-order chi connectivity index (χ1) is 7.48. The largest absolute Gasteiger partial charge is 0.368 e. The van der Waals surface area contributed by atoms with Crippen molar-refractivity contribution in [3.8, 4) is 0 Å². The van der Waals surface area contributed by atoms with Gasteiger partial charge in [0.15, 0.2) is 0 Å². The van der Waals surface area contributed by atoms with Gasteiger partial charge in [0.2, 0.25) is 16.0 Å². The van der Waals surface area contributed by atoms with Crippen molar-refractivity contribution in [2.75, 3.05) is 31.3 Å². The SMILES string of the molecule is CSCCN(C)S(=O)(=O)c1cnc(N)nc1. The van der Waals surface area contributed by atoms with Crippen LogP contribution in [0.5, 0.6) is 0 Å². The molecule has 90 valence electrons. The molecule has 0 fully saturated rings. The maximum Gasteiger partial charge on any atom is 0.245 e. The number of nitrogens with two attached hydrogens (primary N) is 1. The van der Waals surface area contributed by atoms with Crippen LogP contribution in [-0.4, -0.2) is 48.3 Å². The van der Waals surface area contributed by atoms with E-state index in [0.29, 0.717) is 6.54 Å². The molecule has 0 unspecified atom stereocenters. The molecule has 0 saturated carbocycles. The molecule has 1 heterocycles. The van der Waals surface area contributed by atoms with Gasteiger partial charge in [-0.05, 0) is 6.26 Å². The molecule has 16 heavy (non-hydrogen) atoms. The van der Waals surface area contributed by atoms with E-state index in [4.69, 9.17) is 5.73 Å². The van der Waals surface area contributed by atoms with Crippen LogP contribution in [0.15, 0.2) is 17.3 Å². The molecular weight excluding hydrogens is 248 g/mol. The van der Waals surface area contributed by atoms with Gasteiger partial charge in [0.25, 0.3) is 0 Å². The highest BCUT2D eigenvalue weighted by Gasteiger charge is 2.20. The Labute approximate surface area is 99.3 Å². The van der Waals surface area contributed by atoms with Crippen LogP contribution in [0.25, 0.3) is 0 Å². The van der Waals surface area contributed by atoms with Crippen molar-refractivity contribution >= 4 is 27.7 Å². The van der Waals surface area contributed by atoms with E-state index in [-0.39, 0.29) is 10.8 Å². The Morgan fingerprint density at radius 1 is 1.44 bits per heavy atom. The van der Waals surface area contributed by atoms with Gasteiger partial charge in [-0.2, -0.15) is 11.8 Å². The van der Waals surface area contributed by atoms with E-state index >= 15 is 0 Å². The zero-order valence-electron chi connectivity index (χ0n) is 9.12. The van der Waals surface area contributed by atoms with Crippen molar-refractivity contribution in [1.29, 1.82) is 0 Å². The van der Waals surface area contributed by atoms with Crippen LogP contribution >= 0.6 is 11.8 Å². The Morgan fingerprint density at radius 2 is 2.00 bits per heavy atom. The molecule has 1 rings (SSSR count). The van der Waals surface area contributed by atoms with Crippen LogP contribution in [0.4, 0.5) is 5.95 Å². The van der Waals surface area contributed by atoms with Crippen molar-refractivity contribution in [1.82, 2.24) is 14.3 Å². The van der Waals surface area contributed by atoms with Gasteiger partial charge in [-0.3, -0.25) is 0 Å². The number of sulfonamides is 1. The smallest absolute Gasteiger partial charge is 0.245 e. The first-order valence-electron chi connectivity index (χ1n) is 4.51. The molecule has 0 aromatic carbocycles. The Hall–Kier alpha value is -0.860. The van der Waals surface area contributed by atoms with Gasteiger partial charge >= 0.3 is 0 Å². The number of nitrogen functional groups attached to an aromatic ring is 1. The maximum absolute atomic E-state index is 11.9. The number of hydrogen-bond acceptors (Lipinski definition) is 6. The lowest BCUT2D eigenvalue weighted by atomic mass is 10.7. The Balaban J connectivity index is 2.89. The molecule has 0 amide bonds. The normalized spacial score (nSPS) is 11.9. The fourth-order valence-corrected chi connectivity index (χ4v) is 2.61. The van der Waals surface area contributed by atoms with Gasteiger partial charge in [0.1, 0.15) is 4.90 Å². The molecule has 1 aromatic heterocycles. The van der Waals surface area contributed by atoms with Crippen molar-refractivity contribution < 1.29 is 8.42 Å². The van der Waals surface area contributed by atoms with Gasteiger partial charge in [-0.15, -0.1) is 0 Å². The van der Waals surface area contributed by atoms with Crippen molar-refractivity contribution in [3.63, 3.8) is 0 Å². The quantitative estimate of drug-likeness (QED) is 0.806. The fraction of sp³-hybridized carbons (Fsp3) is 0.500. The van der Waals surface area contributed by atoms with Crippen LogP contribution in [0.3, 0.4) is 0 Å². The summed E-state index contributed by atoms with van der Waals surface area (Å²) in [5.41, 5.74) is 5.29. The van der Waals surface area contributed by atoms with Crippen LogP contribution in [0.2, 0.25) is 0 Å². The third-order valence-electron chi connectivity index (χ3n) is 1.97. The monoisotopic (exact) mass is 262 g/mol. The molecule has 6 nitrogen and oxygen atoms in total. The third-order valence-corrected chi connectivity index (χ3v) is 4.37. The summed E-state index contributed by atoms with van der Waals surface area (Å²) in [4.78, 5) is 7.39. The van der Waals surface area contributed by atoms with E-state index in [1.807, 2.05) is 6.26 Å². The van der Waals surface area contributed by atoms with Gasteiger partial charge in [0.05, 0.1) is 12.4 Å². The highest BCUT2D eigenvalue weighted by Crippen LogP contribution is 2.12. The van der Waals surface area contributed by atoms with Gasteiger partial charge in [-0.25, -0.2) is 22.7 Å². The molecule has 0 atom stereocenters. The average Bonchev–Trinajstić information content (AvgIpc) is 2.26. The Morgan fingerprint density at radius 3 is 2.50 bits per heavy atom. The Bertz CT molecular complexity index is 432. The molecule has 8 heteroatoms. The number of anilines is 1. The number of aromatic nitrogens is 2. The predicted molar refractivity (Wildman–Crippen MR) is 64.6 cm³/mol. The second-order valence-corrected chi connectivity index (χ2v) is 6.13. The summed E-state index contributed by atoms with van der Waals surface area (Å²) in [7, 11) is -1.96. The highest BCUT2D eigenvalue weighted by molar-refractivity contribution is 7.98. The molecule has 0 aliphatic heterocycles. The first-order valence-corrected chi connectivity index (χ1v) is 7.34. The summed E-state index contributed by atoms with van der Waals surface area (Å²) in [6.07, 6.45) is 4.35. The number of rotatable bonds is 5. The second kappa shape index (κ2) is 5.46. The van der Waals surface area contributed by atoms with Crippen molar-refractivity contribution in [3.05, 3.63) is 12.4 Å². The third kappa shape index (κ3) is 3.06. The summed E-state index contributed by atoms with van der Waals surface area (Å²) in [6.45, 7) is 0.452. The first kappa shape index (κ1) is 13.2. The summed E-state index contributed by atoms with van der Waals surface area (Å²) in [5, 5.41) is 0. The second-order valence-electron chi connectivity index (χ2n) is 3.10. The van der Waals surface area contributed by atoms with E-state index in [2.05, 4.69) is 9.97 Å². The number of hydrogen-bond donors (Lipinski definition) is 1. The van der Waals surface area contributed by atoms with Crippen LogP contribution in [0, 0.1) is 0 Å². The fourth-order valence-electron chi connectivity index (χ4n) is 0.979. The van der Waals surface area contributed by atoms with E-state index in [1.165, 1.54) is 23.7 Å². The van der Waals surface area contributed by atoms with Crippen molar-refractivity contribution in [2.24, 2.45) is 0 Å². The van der Waals surface area contributed by atoms with Crippen LogP contribution in [0.1, 0.15) is 0 Å². The molecule has 0 aliphatic rings. The van der Waals surface area contributed by atoms with Gasteiger partial charge in [-0.1, -0.05) is 0 Å². The minimum atomic E-state index is -3.49. The van der Waals surface area contributed by atoms with E-state index in [1.54, 1.807) is 11.8 Å². The number of nitrogens with zero attached hydrogens (tertiary/aromatic N) is 3. The van der Waals surface area contributed by atoms with Crippen LogP contribution in [-0.2, 0) is 10.0 Å². The van der Waals surface area contributed by atoms with Crippen LogP contribution < -0.4 is 5.73 Å². The van der Waals surface area contributed by atoms with Crippen molar-refractivity contribution in [2.45, 2.75) is 4.90 Å². The topological polar surface area (TPSA) is 89.2 Å². The lowest BCUT2D eigenvalue weighted by Crippen LogP contribution is -2.29. The molecule has 0 radical (unpaired) electrons. The number of thioether (sulfide) groups is 1. The maximum atomic E-state index is 11.9. The van der Waals surface area contributed by atoms with E-state index in [0.717, 1.165) is 5.75 Å². The van der Waals surface area contributed by atoms with Gasteiger partial charge in [0, 0.05) is 19.3 Å². The summed E-state index contributed by atoms with van der Waals surface area (Å²) in [5.74, 6) is 0.802. The molecule has 0 bridgehead atoms. The predicted octanol–water partition coefficient (Wildman–Crippen LogP) is 0.0423. The zero-order chi connectivity index (χ0) is 12.2. The average molecular weight is 262 g/mol. The molecule has 0 saturated heterocycles.